The van der Waals surface area contributed by atoms with E-state index in [1.165, 1.54) is 4.90 Å². The summed E-state index contributed by atoms with van der Waals surface area (Å²) in [7, 11) is 0. The maximum atomic E-state index is 13.4. The number of amides is 3. The molecule has 0 aromatic heterocycles. The molecule has 4 rings (SSSR count). The van der Waals surface area contributed by atoms with Crippen LogP contribution < -0.4 is 10.6 Å². The van der Waals surface area contributed by atoms with Crippen molar-refractivity contribution in [2.75, 3.05) is 5.32 Å². The van der Waals surface area contributed by atoms with Gasteiger partial charge in [-0.1, -0.05) is 25.1 Å². The Bertz CT molecular complexity index is 884. The SMILES string of the molecule is CC[C@@H](C)N1C(=O)[C@H]2[C@@H](C1=O)[C@]1(N[C@@H]2CCC(=O)O)C(=O)Nc2ccccc21. The van der Waals surface area contributed by atoms with Crippen molar-refractivity contribution in [1.82, 2.24) is 10.2 Å². The number of carboxylic acids is 1. The van der Waals surface area contributed by atoms with E-state index in [4.69, 9.17) is 5.11 Å². The summed E-state index contributed by atoms with van der Waals surface area (Å²) >= 11 is 0. The zero-order valence-corrected chi connectivity index (χ0v) is 15.8. The highest BCUT2D eigenvalue weighted by Crippen LogP contribution is 2.53. The number of hydrogen-bond donors (Lipinski definition) is 3. The van der Waals surface area contributed by atoms with Crippen LogP contribution in [0.25, 0.3) is 0 Å². The summed E-state index contributed by atoms with van der Waals surface area (Å²) in [6.45, 7) is 3.71. The fraction of sp³-hybridized carbons (Fsp3) is 0.500. The molecular weight excluding hydrogens is 362 g/mol. The van der Waals surface area contributed by atoms with Crippen LogP contribution in [0.4, 0.5) is 5.69 Å². The average Bonchev–Trinajstić information content (AvgIpc) is 3.24. The Kier molecular flexibility index (Phi) is 4.26. The number of nitrogens with zero attached hydrogens (tertiary/aromatic N) is 1. The van der Waals surface area contributed by atoms with E-state index in [2.05, 4.69) is 10.6 Å². The van der Waals surface area contributed by atoms with Gasteiger partial charge in [0.05, 0.1) is 11.8 Å². The van der Waals surface area contributed by atoms with Crippen molar-refractivity contribution in [1.29, 1.82) is 0 Å². The number of carbonyl (C=O) groups excluding carboxylic acids is 3. The molecule has 1 spiro atoms. The van der Waals surface area contributed by atoms with Gasteiger partial charge in [0.1, 0.15) is 5.54 Å². The minimum atomic E-state index is -1.35. The van der Waals surface area contributed by atoms with E-state index in [1.54, 1.807) is 24.3 Å². The van der Waals surface area contributed by atoms with Crippen LogP contribution in [0.15, 0.2) is 24.3 Å². The highest BCUT2D eigenvalue weighted by atomic mass is 16.4. The normalized spacial score (nSPS) is 31.9. The molecule has 3 amide bonds. The van der Waals surface area contributed by atoms with Crippen LogP contribution in [0, 0.1) is 11.8 Å². The predicted molar refractivity (Wildman–Crippen MR) is 99.1 cm³/mol. The van der Waals surface area contributed by atoms with E-state index in [-0.39, 0.29) is 36.6 Å². The largest absolute Gasteiger partial charge is 0.481 e. The van der Waals surface area contributed by atoms with Crippen molar-refractivity contribution >= 4 is 29.4 Å². The number of carboxylic acid groups (broad SMARTS) is 1. The van der Waals surface area contributed by atoms with Gasteiger partial charge in [-0.15, -0.1) is 0 Å². The van der Waals surface area contributed by atoms with E-state index < -0.39 is 29.4 Å². The van der Waals surface area contributed by atoms with Gasteiger partial charge in [-0.2, -0.15) is 0 Å². The van der Waals surface area contributed by atoms with Crippen molar-refractivity contribution in [2.24, 2.45) is 11.8 Å². The van der Waals surface area contributed by atoms with E-state index in [0.29, 0.717) is 17.7 Å². The number of likely N-dealkylation sites (tertiary alicyclic amines) is 1. The van der Waals surface area contributed by atoms with E-state index in [0.717, 1.165) is 0 Å². The lowest BCUT2D eigenvalue weighted by atomic mass is 9.76. The fourth-order valence-corrected chi connectivity index (χ4v) is 4.93. The van der Waals surface area contributed by atoms with Gasteiger partial charge in [0, 0.05) is 29.8 Å². The van der Waals surface area contributed by atoms with E-state index >= 15 is 0 Å². The number of imide groups is 1. The molecule has 0 radical (unpaired) electrons. The molecule has 5 atom stereocenters. The number of anilines is 1. The van der Waals surface area contributed by atoms with Gasteiger partial charge in [0.2, 0.25) is 17.7 Å². The molecule has 2 fully saturated rings. The number of fused-ring (bicyclic) bond motifs is 4. The van der Waals surface area contributed by atoms with Crippen molar-refractivity contribution < 1.29 is 24.3 Å². The first-order chi connectivity index (χ1) is 13.3. The van der Waals surface area contributed by atoms with Crippen LogP contribution >= 0.6 is 0 Å². The quantitative estimate of drug-likeness (QED) is 0.653. The Labute approximate surface area is 162 Å². The number of benzene rings is 1. The van der Waals surface area contributed by atoms with Crippen LogP contribution in [0.5, 0.6) is 0 Å². The molecule has 148 valence electrons. The molecule has 1 aromatic carbocycles. The molecule has 3 aliphatic heterocycles. The molecule has 2 saturated heterocycles. The van der Waals surface area contributed by atoms with Gasteiger partial charge in [0.15, 0.2) is 0 Å². The lowest BCUT2D eigenvalue weighted by Gasteiger charge is -2.31. The number of hydrogen-bond acceptors (Lipinski definition) is 5. The molecule has 0 bridgehead atoms. The summed E-state index contributed by atoms with van der Waals surface area (Å²) in [5.74, 6) is -3.66. The Balaban J connectivity index is 1.83. The Morgan fingerprint density at radius 2 is 1.96 bits per heavy atom. The van der Waals surface area contributed by atoms with Crippen LogP contribution in [0.3, 0.4) is 0 Å². The van der Waals surface area contributed by atoms with Gasteiger partial charge >= 0.3 is 5.97 Å². The lowest BCUT2D eigenvalue weighted by molar-refractivity contribution is -0.145. The minimum absolute atomic E-state index is 0.148. The first-order valence-electron chi connectivity index (χ1n) is 9.60. The second-order valence-corrected chi connectivity index (χ2v) is 7.80. The van der Waals surface area contributed by atoms with Crippen LogP contribution in [0.1, 0.15) is 38.7 Å². The molecular formula is C20H23N3O5. The number of carbonyl (C=O) groups is 4. The maximum absolute atomic E-state index is 13.4. The maximum Gasteiger partial charge on any atom is 0.303 e. The topological polar surface area (TPSA) is 116 Å². The van der Waals surface area contributed by atoms with Crippen LogP contribution in [0.2, 0.25) is 0 Å². The monoisotopic (exact) mass is 385 g/mol. The standard InChI is InChI=1S/C20H23N3O5/c1-3-10(2)23-17(26)15-13(8-9-14(24)25)22-20(16(15)18(23)27)11-6-4-5-7-12(11)21-19(20)28/h4-7,10,13,15-16,22H,3,8-9H2,1-2H3,(H,21,28)(H,24,25)/t10-,13-,15-,16+,20+/m1/s1. The summed E-state index contributed by atoms with van der Waals surface area (Å²) in [4.78, 5) is 52.1. The first kappa shape index (κ1) is 18.6. The molecule has 28 heavy (non-hydrogen) atoms. The van der Waals surface area contributed by atoms with Gasteiger partial charge in [-0.3, -0.25) is 29.4 Å². The zero-order valence-electron chi connectivity index (χ0n) is 15.8. The zero-order chi connectivity index (χ0) is 20.2. The average molecular weight is 385 g/mol. The van der Waals surface area contributed by atoms with Crippen molar-refractivity contribution in [3.05, 3.63) is 29.8 Å². The highest BCUT2D eigenvalue weighted by Gasteiger charge is 2.70. The summed E-state index contributed by atoms with van der Waals surface area (Å²) in [5.41, 5.74) is -0.0980. The summed E-state index contributed by atoms with van der Waals surface area (Å²) in [5, 5.41) is 15.2. The number of aliphatic carboxylic acids is 1. The van der Waals surface area contributed by atoms with Crippen LogP contribution in [-0.2, 0) is 24.7 Å². The minimum Gasteiger partial charge on any atom is -0.481 e. The Morgan fingerprint density at radius 1 is 1.25 bits per heavy atom. The number of nitrogens with one attached hydrogen (secondary N) is 2. The van der Waals surface area contributed by atoms with Crippen molar-refractivity contribution in [3.63, 3.8) is 0 Å². The van der Waals surface area contributed by atoms with Gasteiger partial charge < -0.3 is 10.4 Å². The molecule has 8 nitrogen and oxygen atoms in total. The summed E-state index contributed by atoms with van der Waals surface area (Å²) in [6.07, 6.45) is 0.631. The van der Waals surface area contributed by atoms with E-state index in [1.807, 2.05) is 13.8 Å². The number of para-hydroxylation sites is 1. The molecule has 0 saturated carbocycles. The number of rotatable bonds is 5. The van der Waals surface area contributed by atoms with Gasteiger partial charge in [0.25, 0.3) is 0 Å². The van der Waals surface area contributed by atoms with E-state index in [9.17, 15) is 19.2 Å². The predicted octanol–water partition coefficient (Wildman–Crippen LogP) is 1.07. The molecule has 1 aromatic rings. The molecule has 0 unspecified atom stereocenters. The first-order valence-corrected chi connectivity index (χ1v) is 9.60. The van der Waals surface area contributed by atoms with Crippen LogP contribution in [-0.4, -0.2) is 45.8 Å². The summed E-state index contributed by atoms with van der Waals surface area (Å²) in [6, 6.07) is 6.28. The third-order valence-electron chi connectivity index (χ3n) is 6.36. The second-order valence-electron chi connectivity index (χ2n) is 7.80. The molecule has 3 N–H and O–H groups in total. The van der Waals surface area contributed by atoms with Crippen molar-refractivity contribution in [2.45, 2.75) is 50.7 Å². The highest BCUT2D eigenvalue weighted by molar-refractivity contribution is 6.15. The smallest absolute Gasteiger partial charge is 0.303 e. The molecule has 3 aliphatic rings. The Morgan fingerprint density at radius 3 is 2.64 bits per heavy atom. The molecule has 8 heteroatoms. The van der Waals surface area contributed by atoms with Gasteiger partial charge in [-0.25, -0.2) is 0 Å². The third kappa shape index (κ3) is 2.33. The molecule has 0 aliphatic carbocycles. The second kappa shape index (κ2) is 6.41. The Hall–Kier alpha value is -2.74. The third-order valence-corrected chi connectivity index (χ3v) is 6.36. The lowest BCUT2D eigenvalue weighted by Crippen LogP contribution is -2.54. The van der Waals surface area contributed by atoms with Crippen molar-refractivity contribution in [3.8, 4) is 0 Å². The fourth-order valence-electron chi connectivity index (χ4n) is 4.93. The molecule has 3 heterocycles. The van der Waals surface area contributed by atoms with Gasteiger partial charge in [-0.05, 0) is 25.8 Å². The summed E-state index contributed by atoms with van der Waals surface area (Å²) < 4.78 is 0.